The first-order valence-corrected chi connectivity index (χ1v) is 11.2. The Kier molecular flexibility index (Phi) is 6.20. The Bertz CT molecular complexity index is 1160. The number of amides is 2. The first kappa shape index (κ1) is 21.3. The summed E-state index contributed by atoms with van der Waals surface area (Å²) in [6.07, 6.45) is 6.00. The van der Waals surface area contributed by atoms with Crippen molar-refractivity contribution in [2.75, 3.05) is 18.8 Å². The number of nitrogens with two attached hydrogens (primary N) is 1. The van der Waals surface area contributed by atoms with Gasteiger partial charge in [0.25, 0.3) is 0 Å². The van der Waals surface area contributed by atoms with E-state index in [1.807, 2.05) is 49.4 Å². The Morgan fingerprint density at radius 2 is 2.06 bits per heavy atom. The maximum absolute atomic E-state index is 12.8. The number of piperazine rings is 1. The Morgan fingerprint density at radius 3 is 2.81 bits per heavy atom. The van der Waals surface area contributed by atoms with Gasteiger partial charge in [-0.15, -0.1) is 11.3 Å². The number of aromatic nitrogens is 2. The molecule has 3 heterocycles. The normalized spacial score (nSPS) is 17.3. The van der Waals surface area contributed by atoms with Crippen LogP contribution in [0.3, 0.4) is 0 Å². The van der Waals surface area contributed by atoms with E-state index in [0.29, 0.717) is 35.3 Å². The van der Waals surface area contributed by atoms with E-state index in [4.69, 9.17) is 17.3 Å². The number of fused-ring (bicyclic) bond motifs is 1. The third-order valence-corrected chi connectivity index (χ3v) is 6.55. The second-order valence-corrected chi connectivity index (χ2v) is 9.11. The molecule has 1 unspecified atom stereocenters. The van der Waals surface area contributed by atoms with Gasteiger partial charge >= 0.3 is 11.8 Å². The molecule has 1 atom stereocenters. The molecule has 160 valence electrons. The van der Waals surface area contributed by atoms with Gasteiger partial charge in [0.1, 0.15) is 12.1 Å². The molecular formula is C22H22ClN5O2S. The van der Waals surface area contributed by atoms with Crippen molar-refractivity contribution >= 4 is 57.5 Å². The molecule has 1 aliphatic rings. The van der Waals surface area contributed by atoms with Crippen LogP contribution in [0, 0.1) is 0 Å². The van der Waals surface area contributed by atoms with E-state index in [0.717, 1.165) is 22.2 Å². The number of nitrogen functional groups attached to an aromatic ring is 1. The van der Waals surface area contributed by atoms with Gasteiger partial charge in [0.05, 0.1) is 9.85 Å². The number of anilines is 1. The molecule has 2 aromatic heterocycles. The molecule has 7 nitrogen and oxygen atoms in total. The molecule has 1 saturated heterocycles. The van der Waals surface area contributed by atoms with Crippen LogP contribution >= 0.6 is 22.9 Å². The lowest BCUT2D eigenvalue weighted by atomic mass is 10.1. The maximum atomic E-state index is 12.8. The summed E-state index contributed by atoms with van der Waals surface area (Å²) in [4.78, 5) is 38.2. The summed E-state index contributed by atoms with van der Waals surface area (Å²) in [6, 6.07) is 9.34. The Labute approximate surface area is 189 Å². The monoisotopic (exact) mass is 455 g/mol. The second-order valence-electron chi connectivity index (χ2n) is 7.36. The van der Waals surface area contributed by atoms with Crippen molar-refractivity contribution in [2.45, 2.75) is 25.9 Å². The van der Waals surface area contributed by atoms with Crippen molar-refractivity contribution in [3.63, 3.8) is 0 Å². The molecule has 0 bridgehead atoms. The van der Waals surface area contributed by atoms with Gasteiger partial charge in [-0.05, 0) is 42.3 Å². The minimum Gasteiger partial charge on any atom is -0.383 e. The van der Waals surface area contributed by atoms with Gasteiger partial charge in [-0.3, -0.25) is 9.59 Å². The minimum absolute atomic E-state index is 0.0415. The number of nitrogens with zero attached hydrogens (tertiary/aromatic N) is 4. The van der Waals surface area contributed by atoms with Crippen LogP contribution in [0.15, 0.2) is 42.7 Å². The topological polar surface area (TPSA) is 92.4 Å². The largest absolute Gasteiger partial charge is 0.383 e. The number of rotatable bonds is 6. The number of halogens is 1. The van der Waals surface area contributed by atoms with Gasteiger partial charge in [0.15, 0.2) is 0 Å². The Hall–Kier alpha value is -2.97. The van der Waals surface area contributed by atoms with Gasteiger partial charge in [0.2, 0.25) is 0 Å². The first-order chi connectivity index (χ1) is 15.0. The Morgan fingerprint density at radius 1 is 1.23 bits per heavy atom. The molecule has 0 spiro atoms. The number of carbonyl (C=O) groups is 2. The fourth-order valence-electron chi connectivity index (χ4n) is 3.72. The standard InChI is InChI=1S/C22H22ClN5O2S/c1-2-15-12-27(11-14-5-7-17-18(10-14)25-13-26-20(17)24)21(29)22(30)28(15)9-3-4-16-6-8-19(23)31-16/h3-8,10,13,15H,2,9,11-12H2,1H3,(H2,24,25,26)/b4-3+. The molecule has 9 heteroatoms. The van der Waals surface area contributed by atoms with Gasteiger partial charge in [0, 0.05) is 35.9 Å². The van der Waals surface area contributed by atoms with Crippen LogP contribution in [-0.2, 0) is 16.1 Å². The van der Waals surface area contributed by atoms with Crippen molar-refractivity contribution < 1.29 is 9.59 Å². The smallest absolute Gasteiger partial charge is 0.312 e. The molecule has 0 radical (unpaired) electrons. The van der Waals surface area contributed by atoms with Gasteiger partial charge in [-0.1, -0.05) is 30.7 Å². The van der Waals surface area contributed by atoms with Crippen LogP contribution < -0.4 is 5.73 Å². The van der Waals surface area contributed by atoms with Crippen LogP contribution in [0.2, 0.25) is 4.34 Å². The average Bonchev–Trinajstić information content (AvgIpc) is 3.18. The molecule has 31 heavy (non-hydrogen) atoms. The fourth-order valence-corrected chi connectivity index (χ4v) is 4.71. The molecule has 1 aromatic carbocycles. The van der Waals surface area contributed by atoms with E-state index in [1.54, 1.807) is 9.80 Å². The van der Waals surface area contributed by atoms with Crippen molar-refractivity contribution in [2.24, 2.45) is 0 Å². The van der Waals surface area contributed by atoms with Gasteiger partial charge < -0.3 is 15.5 Å². The summed E-state index contributed by atoms with van der Waals surface area (Å²) in [5, 5.41) is 0.767. The zero-order chi connectivity index (χ0) is 22.0. The number of hydrogen-bond acceptors (Lipinski definition) is 6. The highest BCUT2D eigenvalue weighted by molar-refractivity contribution is 7.16. The molecule has 1 aliphatic heterocycles. The highest BCUT2D eigenvalue weighted by Gasteiger charge is 2.37. The van der Waals surface area contributed by atoms with Crippen LogP contribution in [0.4, 0.5) is 5.82 Å². The summed E-state index contributed by atoms with van der Waals surface area (Å²) >= 11 is 7.42. The van der Waals surface area contributed by atoms with E-state index in [-0.39, 0.29) is 6.04 Å². The molecule has 4 rings (SSSR count). The van der Waals surface area contributed by atoms with Crippen LogP contribution in [0.25, 0.3) is 17.0 Å². The molecule has 3 aromatic rings. The van der Waals surface area contributed by atoms with E-state index in [9.17, 15) is 9.59 Å². The number of carbonyl (C=O) groups excluding carboxylic acids is 2. The predicted molar refractivity (Wildman–Crippen MR) is 124 cm³/mol. The van der Waals surface area contributed by atoms with E-state index >= 15 is 0 Å². The highest BCUT2D eigenvalue weighted by atomic mass is 35.5. The van der Waals surface area contributed by atoms with E-state index in [2.05, 4.69) is 9.97 Å². The highest BCUT2D eigenvalue weighted by Crippen LogP contribution is 2.24. The molecular weight excluding hydrogens is 434 g/mol. The van der Waals surface area contributed by atoms with Crippen LogP contribution in [-0.4, -0.2) is 50.7 Å². The Balaban J connectivity index is 1.47. The van der Waals surface area contributed by atoms with Gasteiger partial charge in [-0.2, -0.15) is 0 Å². The molecule has 0 aliphatic carbocycles. The number of thiophene rings is 1. The van der Waals surface area contributed by atoms with Crippen molar-refractivity contribution in [3.8, 4) is 0 Å². The van der Waals surface area contributed by atoms with Crippen molar-refractivity contribution in [1.29, 1.82) is 0 Å². The zero-order valence-electron chi connectivity index (χ0n) is 17.0. The molecule has 2 amide bonds. The summed E-state index contributed by atoms with van der Waals surface area (Å²) in [5.41, 5.74) is 7.49. The third-order valence-electron chi connectivity index (χ3n) is 5.36. The summed E-state index contributed by atoms with van der Waals surface area (Å²) in [6.45, 7) is 3.25. The number of benzene rings is 1. The summed E-state index contributed by atoms with van der Waals surface area (Å²) < 4.78 is 0.716. The minimum atomic E-state index is -0.487. The molecule has 1 fully saturated rings. The zero-order valence-corrected chi connectivity index (χ0v) is 18.6. The summed E-state index contributed by atoms with van der Waals surface area (Å²) in [5.74, 6) is -0.542. The lowest BCUT2D eigenvalue weighted by Crippen LogP contribution is -2.59. The molecule has 2 N–H and O–H groups in total. The molecule has 0 saturated carbocycles. The second kappa shape index (κ2) is 9.03. The van der Waals surface area contributed by atoms with Crippen LogP contribution in [0.5, 0.6) is 0 Å². The lowest BCUT2D eigenvalue weighted by molar-refractivity contribution is -0.159. The maximum Gasteiger partial charge on any atom is 0.312 e. The third kappa shape index (κ3) is 4.55. The summed E-state index contributed by atoms with van der Waals surface area (Å²) in [7, 11) is 0. The van der Waals surface area contributed by atoms with E-state index in [1.165, 1.54) is 17.7 Å². The quantitative estimate of drug-likeness (QED) is 0.573. The fraction of sp³-hybridized carbons (Fsp3) is 0.273. The van der Waals surface area contributed by atoms with Crippen molar-refractivity contribution in [1.82, 2.24) is 19.8 Å². The average molecular weight is 456 g/mol. The first-order valence-electron chi connectivity index (χ1n) is 9.97. The predicted octanol–water partition coefficient (Wildman–Crippen LogP) is 3.59. The van der Waals surface area contributed by atoms with Gasteiger partial charge in [-0.25, -0.2) is 9.97 Å². The lowest BCUT2D eigenvalue weighted by Gasteiger charge is -2.39. The van der Waals surface area contributed by atoms with E-state index < -0.39 is 11.8 Å². The van der Waals surface area contributed by atoms with Crippen molar-refractivity contribution in [3.05, 3.63) is 57.5 Å². The van der Waals surface area contributed by atoms with Crippen LogP contribution in [0.1, 0.15) is 23.8 Å². The SMILES string of the molecule is CCC1CN(Cc2ccc3c(N)ncnc3c2)C(=O)C(=O)N1C/C=C/c1ccc(Cl)s1. The number of hydrogen-bond donors (Lipinski definition) is 1.